The first-order chi connectivity index (χ1) is 17.2. The highest BCUT2D eigenvalue weighted by Crippen LogP contribution is 2.44. The first-order valence-corrected chi connectivity index (χ1v) is 12.1. The SMILES string of the molecule is COc1ccc(C2c3c(oc4cc(C)c(C)cc4c3=O)C(=O)N2c2nc(C)c(C(C)=O)s2)cc1OC. The summed E-state index contributed by atoms with van der Waals surface area (Å²) in [6, 6.07) is 7.96. The van der Waals surface area contributed by atoms with Crippen molar-refractivity contribution in [3.63, 3.8) is 0 Å². The third-order valence-electron chi connectivity index (χ3n) is 6.52. The maximum absolute atomic E-state index is 13.9. The van der Waals surface area contributed by atoms with Gasteiger partial charge in [-0.05, 0) is 61.7 Å². The monoisotopic (exact) mass is 504 g/mol. The number of methoxy groups -OCH3 is 2. The van der Waals surface area contributed by atoms with Crippen molar-refractivity contribution in [1.29, 1.82) is 0 Å². The molecule has 0 N–H and O–H groups in total. The molecule has 0 saturated heterocycles. The van der Waals surface area contributed by atoms with E-state index in [0.29, 0.717) is 43.7 Å². The van der Waals surface area contributed by atoms with Crippen LogP contribution in [0, 0.1) is 20.8 Å². The second-order valence-electron chi connectivity index (χ2n) is 8.77. The van der Waals surface area contributed by atoms with Crippen LogP contribution in [-0.2, 0) is 0 Å². The van der Waals surface area contributed by atoms with E-state index >= 15 is 0 Å². The molecule has 1 aliphatic rings. The number of benzene rings is 2. The van der Waals surface area contributed by atoms with Crippen molar-refractivity contribution in [1.82, 2.24) is 4.98 Å². The molecule has 36 heavy (non-hydrogen) atoms. The summed E-state index contributed by atoms with van der Waals surface area (Å²) in [5, 5.41) is 0.710. The number of aromatic nitrogens is 1. The second kappa shape index (κ2) is 8.60. The number of carbonyl (C=O) groups excluding carboxylic acids is 2. The Labute approximate surface area is 211 Å². The highest BCUT2D eigenvalue weighted by atomic mass is 32.1. The van der Waals surface area contributed by atoms with E-state index in [1.807, 2.05) is 13.8 Å². The number of rotatable bonds is 5. The van der Waals surface area contributed by atoms with Crippen LogP contribution in [-0.4, -0.2) is 30.9 Å². The molecule has 0 bridgehead atoms. The van der Waals surface area contributed by atoms with Gasteiger partial charge in [0.05, 0.1) is 41.8 Å². The third kappa shape index (κ3) is 3.50. The molecule has 0 saturated carbocycles. The van der Waals surface area contributed by atoms with Crippen LogP contribution in [0.3, 0.4) is 0 Å². The summed E-state index contributed by atoms with van der Waals surface area (Å²) in [6.07, 6.45) is 0. The fourth-order valence-electron chi connectivity index (χ4n) is 4.58. The molecule has 3 heterocycles. The molecule has 2 aromatic carbocycles. The summed E-state index contributed by atoms with van der Waals surface area (Å²) in [7, 11) is 3.05. The molecule has 0 fully saturated rings. The van der Waals surface area contributed by atoms with Crippen LogP contribution in [0.1, 0.15) is 61.1 Å². The first-order valence-electron chi connectivity index (χ1n) is 11.3. The summed E-state index contributed by atoms with van der Waals surface area (Å²) in [6.45, 7) is 7.02. The number of Topliss-reactive ketones (excluding diaryl/α,β-unsaturated/α-hetero) is 1. The third-order valence-corrected chi connectivity index (χ3v) is 7.78. The number of anilines is 1. The van der Waals surface area contributed by atoms with Crippen LogP contribution in [0.5, 0.6) is 11.5 Å². The molecule has 1 atom stereocenters. The molecule has 8 nitrogen and oxygen atoms in total. The van der Waals surface area contributed by atoms with Crippen LogP contribution in [0.4, 0.5) is 5.13 Å². The Kier molecular flexibility index (Phi) is 5.67. The number of hydrogen-bond acceptors (Lipinski definition) is 8. The molecule has 0 spiro atoms. The number of carbonyl (C=O) groups is 2. The molecule has 5 rings (SSSR count). The Morgan fingerprint density at radius 3 is 2.36 bits per heavy atom. The lowest BCUT2D eigenvalue weighted by molar-refractivity contribution is 0.0969. The average molecular weight is 505 g/mol. The lowest BCUT2D eigenvalue weighted by Crippen LogP contribution is -2.29. The quantitative estimate of drug-likeness (QED) is 0.347. The molecule has 9 heteroatoms. The summed E-state index contributed by atoms with van der Waals surface area (Å²) in [4.78, 5) is 46.3. The maximum Gasteiger partial charge on any atom is 0.297 e. The van der Waals surface area contributed by atoms with Crippen molar-refractivity contribution < 1.29 is 23.5 Å². The highest BCUT2D eigenvalue weighted by molar-refractivity contribution is 7.17. The average Bonchev–Trinajstić information content (AvgIpc) is 3.37. The number of ketones is 1. The van der Waals surface area contributed by atoms with E-state index in [0.717, 1.165) is 22.5 Å². The van der Waals surface area contributed by atoms with Crippen molar-refractivity contribution in [2.24, 2.45) is 0 Å². The minimum Gasteiger partial charge on any atom is -0.493 e. The lowest BCUT2D eigenvalue weighted by atomic mass is 9.97. The minimum absolute atomic E-state index is 0.0345. The van der Waals surface area contributed by atoms with E-state index in [4.69, 9.17) is 13.9 Å². The van der Waals surface area contributed by atoms with Gasteiger partial charge in [0.2, 0.25) is 5.76 Å². The van der Waals surface area contributed by atoms with E-state index in [1.165, 1.54) is 26.0 Å². The smallest absolute Gasteiger partial charge is 0.297 e. The fraction of sp³-hybridized carbons (Fsp3) is 0.259. The number of nitrogens with zero attached hydrogens (tertiary/aromatic N) is 2. The number of fused-ring (bicyclic) bond motifs is 2. The largest absolute Gasteiger partial charge is 0.493 e. The Morgan fingerprint density at radius 2 is 1.72 bits per heavy atom. The van der Waals surface area contributed by atoms with Crippen molar-refractivity contribution in [2.75, 3.05) is 19.1 Å². The Morgan fingerprint density at radius 1 is 1.03 bits per heavy atom. The molecular formula is C27H24N2O6S. The Bertz CT molecular complexity index is 1630. The van der Waals surface area contributed by atoms with Crippen molar-refractivity contribution in [3.8, 4) is 11.5 Å². The minimum atomic E-state index is -0.833. The van der Waals surface area contributed by atoms with Gasteiger partial charge in [-0.1, -0.05) is 17.4 Å². The van der Waals surface area contributed by atoms with Crippen LogP contribution >= 0.6 is 11.3 Å². The zero-order valence-electron chi connectivity index (χ0n) is 20.7. The Hall–Kier alpha value is -3.98. The second-order valence-corrected chi connectivity index (χ2v) is 9.74. The molecule has 4 aromatic rings. The van der Waals surface area contributed by atoms with Gasteiger partial charge in [0, 0.05) is 6.92 Å². The number of amides is 1. The van der Waals surface area contributed by atoms with Crippen LogP contribution in [0.25, 0.3) is 11.0 Å². The van der Waals surface area contributed by atoms with Gasteiger partial charge in [-0.15, -0.1) is 0 Å². The zero-order chi connectivity index (χ0) is 25.9. The van der Waals surface area contributed by atoms with E-state index < -0.39 is 11.9 Å². The number of thiazole rings is 1. The molecular weight excluding hydrogens is 480 g/mol. The van der Waals surface area contributed by atoms with Gasteiger partial charge in [-0.2, -0.15) is 0 Å². The van der Waals surface area contributed by atoms with E-state index in [1.54, 1.807) is 37.3 Å². The van der Waals surface area contributed by atoms with Gasteiger partial charge >= 0.3 is 0 Å². The molecule has 1 unspecified atom stereocenters. The summed E-state index contributed by atoms with van der Waals surface area (Å²) >= 11 is 1.12. The van der Waals surface area contributed by atoms with Crippen molar-refractivity contribution in [2.45, 2.75) is 33.7 Å². The predicted molar refractivity (Wildman–Crippen MR) is 137 cm³/mol. The van der Waals surface area contributed by atoms with Crippen LogP contribution in [0.15, 0.2) is 39.5 Å². The van der Waals surface area contributed by atoms with Gasteiger partial charge in [0.25, 0.3) is 5.91 Å². The zero-order valence-corrected chi connectivity index (χ0v) is 21.5. The summed E-state index contributed by atoms with van der Waals surface area (Å²) < 4.78 is 16.9. The van der Waals surface area contributed by atoms with E-state index in [-0.39, 0.29) is 22.5 Å². The van der Waals surface area contributed by atoms with Crippen molar-refractivity contribution in [3.05, 3.63) is 79.1 Å². The Balaban J connectivity index is 1.82. The number of hydrogen-bond donors (Lipinski definition) is 0. The van der Waals surface area contributed by atoms with E-state index in [2.05, 4.69) is 4.98 Å². The molecule has 2 aromatic heterocycles. The molecule has 184 valence electrons. The lowest BCUT2D eigenvalue weighted by Gasteiger charge is -2.23. The van der Waals surface area contributed by atoms with Crippen LogP contribution < -0.4 is 19.8 Å². The van der Waals surface area contributed by atoms with Gasteiger partial charge in [-0.3, -0.25) is 19.3 Å². The van der Waals surface area contributed by atoms with Gasteiger partial charge in [0.1, 0.15) is 5.58 Å². The van der Waals surface area contributed by atoms with Crippen molar-refractivity contribution >= 4 is 39.1 Å². The summed E-state index contributed by atoms with van der Waals surface area (Å²) in [5.41, 5.74) is 3.32. The predicted octanol–water partition coefficient (Wildman–Crippen LogP) is 5.14. The van der Waals surface area contributed by atoms with Crippen LogP contribution in [0.2, 0.25) is 0 Å². The molecule has 0 radical (unpaired) electrons. The van der Waals surface area contributed by atoms with Gasteiger partial charge in [-0.25, -0.2) is 4.98 Å². The van der Waals surface area contributed by atoms with Gasteiger partial charge < -0.3 is 13.9 Å². The standard InChI is InChI=1S/C27H24N2O6S/c1-12-9-17-19(10-13(12)2)35-24-21(23(17)31)22(16-7-8-18(33-5)20(11-16)34-6)29(26(24)32)27-28-14(3)25(36-27)15(4)30/h7-11,22H,1-6H3. The highest BCUT2D eigenvalue weighted by Gasteiger charge is 2.45. The normalized spacial score (nSPS) is 14.9. The molecule has 1 aliphatic heterocycles. The van der Waals surface area contributed by atoms with Gasteiger partial charge in [0.15, 0.2) is 27.8 Å². The summed E-state index contributed by atoms with van der Waals surface area (Å²) in [5.74, 6) is 0.290. The molecule has 0 aliphatic carbocycles. The van der Waals surface area contributed by atoms with E-state index in [9.17, 15) is 14.4 Å². The first kappa shape index (κ1) is 23.7. The topological polar surface area (TPSA) is 98.9 Å². The fourth-order valence-corrected chi connectivity index (χ4v) is 5.56. The molecule has 1 amide bonds. The number of aryl methyl sites for hydroxylation is 3. The maximum atomic E-state index is 13.9. The number of ether oxygens (including phenoxy) is 2.